The zero-order chi connectivity index (χ0) is 14.7. The predicted molar refractivity (Wildman–Crippen MR) is 82.6 cm³/mol. The summed E-state index contributed by atoms with van der Waals surface area (Å²) in [7, 11) is 0. The summed E-state index contributed by atoms with van der Waals surface area (Å²) in [5.41, 5.74) is 12.8. The van der Waals surface area contributed by atoms with Gasteiger partial charge in [0, 0.05) is 22.4 Å². The molecule has 20 heavy (non-hydrogen) atoms. The lowest BCUT2D eigenvalue weighted by molar-refractivity contribution is 0.0941. The maximum atomic E-state index is 12.2. The SMILES string of the molecule is CCc1cnc(C(C)NC(=O)c2ccc(N)cc2N)s1. The van der Waals surface area contributed by atoms with Crippen molar-refractivity contribution in [3.8, 4) is 0 Å². The molecule has 2 rings (SSSR count). The fourth-order valence-electron chi connectivity index (χ4n) is 1.81. The Morgan fingerprint density at radius 1 is 1.45 bits per heavy atom. The molecule has 106 valence electrons. The molecule has 6 heteroatoms. The van der Waals surface area contributed by atoms with Crippen molar-refractivity contribution in [3.05, 3.63) is 39.8 Å². The van der Waals surface area contributed by atoms with Crippen molar-refractivity contribution in [2.75, 3.05) is 11.5 Å². The van der Waals surface area contributed by atoms with E-state index in [9.17, 15) is 4.79 Å². The number of amides is 1. The minimum atomic E-state index is -0.219. The Hall–Kier alpha value is -2.08. The molecule has 1 aromatic heterocycles. The van der Waals surface area contributed by atoms with Crippen LogP contribution in [0.15, 0.2) is 24.4 Å². The quantitative estimate of drug-likeness (QED) is 0.753. The Kier molecular flexibility index (Phi) is 4.24. The molecular formula is C14H18N4OS. The molecule has 0 aliphatic rings. The van der Waals surface area contributed by atoms with Crippen LogP contribution in [0, 0.1) is 0 Å². The lowest BCUT2D eigenvalue weighted by Gasteiger charge is -2.12. The van der Waals surface area contributed by atoms with Crippen LogP contribution in [-0.4, -0.2) is 10.9 Å². The van der Waals surface area contributed by atoms with Crippen LogP contribution in [0.2, 0.25) is 0 Å². The molecule has 5 nitrogen and oxygen atoms in total. The number of benzene rings is 1. The van der Waals surface area contributed by atoms with E-state index in [2.05, 4.69) is 17.2 Å². The number of carbonyl (C=O) groups is 1. The highest BCUT2D eigenvalue weighted by molar-refractivity contribution is 7.11. The largest absolute Gasteiger partial charge is 0.399 e. The van der Waals surface area contributed by atoms with Gasteiger partial charge in [-0.15, -0.1) is 11.3 Å². The number of nitrogens with one attached hydrogen (secondary N) is 1. The molecule has 5 N–H and O–H groups in total. The van der Waals surface area contributed by atoms with Crippen molar-refractivity contribution < 1.29 is 4.79 Å². The molecule has 1 atom stereocenters. The van der Waals surface area contributed by atoms with E-state index < -0.39 is 0 Å². The van der Waals surface area contributed by atoms with Crippen LogP contribution >= 0.6 is 11.3 Å². The van der Waals surface area contributed by atoms with Crippen LogP contribution in [-0.2, 0) is 6.42 Å². The van der Waals surface area contributed by atoms with E-state index in [1.807, 2.05) is 13.1 Å². The minimum absolute atomic E-state index is 0.148. The highest BCUT2D eigenvalue weighted by atomic mass is 32.1. The molecule has 0 spiro atoms. The van der Waals surface area contributed by atoms with E-state index in [1.165, 1.54) is 4.88 Å². The monoisotopic (exact) mass is 290 g/mol. The summed E-state index contributed by atoms with van der Waals surface area (Å²) in [5, 5.41) is 3.79. The van der Waals surface area contributed by atoms with Gasteiger partial charge in [-0.05, 0) is 31.5 Å². The van der Waals surface area contributed by atoms with Gasteiger partial charge in [0.15, 0.2) is 0 Å². The molecule has 0 radical (unpaired) electrons. The zero-order valence-electron chi connectivity index (χ0n) is 11.5. The molecule has 1 heterocycles. The molecule has 0 saturated carbocycles. The van der Waals surface area contributed by atoms with E-state index in [4.69, 9.17) is 11.5 Å². The number of hydrogen-bond acceptors (Lipinski definition) is 5. The second kappa shape index (κ2) is 5.92. The summed E-state index contributed by atoms with van der Waals surface area (Å²) in [6, 6.07) is 4.73. The van der Waals surface area contributed by atoms with Gasteiger partial charge in [0.1, 0.15) is 5.01 Å². The van der Waals surface area contributed by atoms with E-state index in [0.29, 0.717) is 16.9 Å². The van der Waals surface area contributed by atoms with E-state index in [1.54, 1.807) is 29.5 Å². The topological polar surface area (TPSA) is 94.0 Å². The van der Waals surface area contributed by atoms with Gasteiger partial charge in [-0.1, -0.05) is 6.92 Å². The molecular weight excluding hydrogens is 272 g/mol. The van der Waals surface area contributed by atoms with Crippen molar-refractivity contribution >= 4 is 28.6 Å². The van der Waals surface area contributed by atoms with E-state index in [0.717, 1.165) is 11.4 Å². The third kappa shape index (κ3) is 3.08. The van der Waals surface area contributed by atoms with Crippen molar-refractivity contribution in [2.45, 2.75) is 26.3 Å². The fraction of sp³-hybridized carbons (Fsp3) is 0.286. The minimum Gasteiger partial charge on any atom is -0.399 e. The van der Waals surface area contributed by atoms with Gasteiger partial charge in [-0.3, -0.25) is 4.79 Å². The fourth-order valence-corrected chi connectivity index (χ4v) is 2.67. The molecule has 1 amide bonds. The van der Waals surface area contributed by atoms with E-state index in [-0.39, 0.29) is 11.9 Å². The van der Waals surface area contributed by atoms with Crippen molar-refractivity contribution in [1.29, 1.82) is 0 Å². The second-order valence-electron chi connectivity index (χ2n) is 4.56. The molecule has 0 fully saturated rings. The van der Waals surface area contributed by atoms with Crippen molar-refractivity contribution in [2.24, 2.45) is 0 Å². The number of carbonyl (C=O) groups excluding carboxylic acids is 1. The van der Waals surface area contributed by atoms with Gasteiger partial charge in [0.05, 0.1) is 11.6 Å². The number of aromatic nitrogens is 1. The lowest BCUT2D eigenvalue weighted by Crippen LogP contribution is -2.27. The summed E-state index contributed by atoms with van der Waals surface area (Å²) in [4.78, 5) is 17.7. The molecule has 0 bridgehead atoms. The van der Waals surface area contributed by atoms with E-state index >= 15 is 0 Å². The zero-order valence-corrected chi connectivity index (χ0v) is 12.3. The van der Waals surface area contributed by atoms with Crippen LogP contribution in [0.4, 0.5) is 11.4 Å². The molecule has 0 saturated heterocycles. The predicted octanol–water partition coefficient (Wildman–Crippen LogP) is 2.36. The second-order valence-corrected chi connectivity index (χ2v) is 5.71. The summed E-state index contributed by atoms with van der Waals surface area (Å²) in [6.45, 7) is 3.99. The number of hydrogen-bond donors (Lipinski definition) is 3. The molecule has 1 aromatic carbocycles. The first-order valence-corrected chi connectivity index (χ1v) is 7.23. The Labute approximate surface area is 122 Å². The number of nitrogen functional groups attached to an aromatic ring is 2. The average molecular weight is 290 g/mol. The van der Waals surface area contributed by atoms with Gasteiger partial charge in [-0.25, -0.2) is 4.98 Å². The first kappa shape index (κ1) is 14.3. The number of nitrogens with two attached hydrogens (primary N) is 2. The van der Waals surface area contributed by atoms with Crippen molar-refractivity contribution in [1.82, 2.24) is 10.3 Å². The smallest absolute Gasteiger partial charge is 0.253 e. The number of rotatable bonds is 4. The normalized spacial score (nSPS) is 12.1. The third-order valence-electron chi connectivity index (χ3n) is 2.96. The third-order valence-corrected chi connectivity index (χ3v) is 4.28. The van der Waals surface area contributed by atoms with Crippen LogP contribution < -0.4 is 16.8 Å². The Bertz CT molecular complexity index is 623. The molecule has 1 unspecified atom stereocenters. The van der Waals surface area contributed by atoms with Crippen molar-refractivity contribution in [3.63, 3.8) is 0 Å². The molecule has 0 aliphatic heterocycles. The number of nitrogens with zero attached hydrogens (tertiary/aromatic N) is 1. The number of aryl methyl sites for hydroxylation is 1. The molecule has 2 aromatic rings. The van der Waals surface area contributed by atoms with Crippen LogP contribution in [0.5, 0.6) is 0 Å². The summed E-state index contributed by atoms with van der Waals surface area (Å²) in [5.74, 6) is -0.219. The average Bonchev–Trinajstić information content (AvgIpc) is 2.87. The summed E-state index contributed by atoms with van der Waals surface area (Å²) < 4.78 is 0. The highest BCUT2D eigenvalue weighted by Crippen LogP contribution is 2.22. The first-order chi connectivity index (χ1) is 9.51. The van der Waals surface area contributed by atoms with Crippen LogP contribution in [0.25, 0.3) is 0 Å². The van der Waals surface area contributed by atoms with Gasteiger partial charge in [-0.2, -0.15) is 0 Å². The Morgan fingerprint density at radius 2 is 2.20 bits per heavy atom. The standard InChI is InChI=1S/C14H18N4OS/c1-3-10-7-17-14(20-10)8(2)18-13(19)11-5-4-9(15)6-12(11)16/h4-8H,3,15-16H2,1-2H3,(H,18,19). The highest BCUT2D eigenvalue weighted by Gasteiger charge is 2.16. The lowest BCUT2D eigenvalue weighted by atomic mass is 10.1. The van der Waals surface area contributed by atoms with Crippen LogP contribution in [0.1, 0.15) is 40.1 Å². The summed E-state index contributed by atoms with van der Waals surface area (Å²) in [6.07, 6.45) is 2.80. The Morgan fingerprint density at radius 3 is 2.80 bits per heavy atom. The summed E-state index contributed by atoms with van der Waals surface area (Å²) >= 11 is 1.61. The number of anilines is 2. The van der Waals surface area contributed by atoms with Gasteiger partial charge >= 0.3 is 0 Å². The van der Waals surface area contributed by atoms with Gasteiger partial charge in [0.25, 0.3) is 5.91 Å². The number of thiazole rings is 1. The molecule has 0 aliphatic carbocycles. The van der Waals surface area contributed by atoms with Crippen LogP contribution in [0.3, 0.4) is 0 Å². The first-order valence-electron chi connectivity index (χ1n) is 6.41. The Balaban J connectivity index is 2.10. The maximum Gasteiger partial charge on any atom is 0.253 e. The van der Waals surface area contributed by atoms with Gasteiger partial charge in [0.2, 0.25) is 0 Å². The van der Waals surface area contributed by atoms with Gasteiger partial charge < -0.3 is 16.8 Å². The maximum absolute atomic E-state index is 12.2.